The number of carbonyl (C=O) groups excluding carboxylic acids is 1. The van der Waals surface area contributed by atoms with Crippen LogP contribution in [0.2, 0.25) is 0 Å². The number of nitrogens with one attached hydrogen (secondary N) is 1. The van der Waals surface area contributed by atoms with Crippen molar-refractivity contribution in [2.75, 3.05) is 25.0 Å². The number of anilines is 1. The van der Waals surface area contributed by atoms with Crippen LogP contribution in [0.5, 0.6) is 0 Å². The lowest BCUT2D eigenvalue weighted by molar-refractivity contribution is -0.138. The molecule has 1 aliphatic heterocycles. The molecule has 0 aliphatic carbocycles. The largest absolute Gasteiger partial charge is 0.417 e. The zero-order chi connectivity index (χ0) is 16.3. The number of nitrogens with zero attached hydrogens (tertiary/aromatic N) is 1. The molecule has 0 radical (unpaired) electrons. The van der Waals surface area contributed by atoms with Gasteiger partial charge >= 0.3 is 6.18 Å². The third-order valence-electron chi connectivity index (χ3n) is 3.55. The van der Waals surface area contributed by atoms with Crippen LogP contribution in [0.1, 0.15) is 18.4 Å². The first-order chi connectivity index (χ1) is 10.3. The number of hydrogen-bond donors (Lipinski definition) is 2. The second kappa shape index (κ2) is 8.32. The minimum atomic E-state index is -4.47. The van der Waals surface area contributed by atoms with E-state index in [2.05, 4.69) is 21.2 Å². The summed E-state index contributed by atoms with van der Waals surface area (Å²) >= 11 is 2.86. The van der Waals surface area contributed by atoms with E-state index in [0.717, 1.165) is 32.0 Å². The molecular weight excluding hydrogens is 399 g/mol. The topological polar surface area (TPSA) is 58.4 Å². The molecular formula is C14H18BrClF3N3O. The Balaban J connectivity index is 0.00000264. The van der Waals surface area contributed by atoms with Crippen LogP contribution < -0.4 is 11.1 Å². The number of halogens is 5. The van der Waals surface area contributed by atoms with E-state index in [1.54, 1.807) is 0 Å². The Morgan fingerprint density at radius 3 is 2.52 bits per heavy atom. The summed E-state index contributed by atoms with van der Waals surface area (Å²) < 4.78 is 38.4. The third kappa shape index (κ3) is 5.95. The van der Waals surface area contributed by atoms with Gasteiger partial charge in [-0.2, -0.15) is 13.2 Å². The standard InChI is InChI=1S/C14H17BrF3N3O.ClH/c15-12-2-1-10(7-11(12)14(16,17)18)20-13(22)8-21-5-3-9(19)4-6-21;/h1-2,7,9H,3-6,8,19H2,(H,20,22);1H. The maximum absolute atomic E-state index is 12.8. The van der Waals surface area contributed by atoms with Crippen LogP contribution in [0.25, 0.3) is 0 Å². The lowest BCUT2D eigenvalue weighted by Crippen LogP contribution is -2.43. The van der Waals surface area contributed by atoms with E-state index < -0.39 is 11.7 Å². The molecule has 0 unspecified atom stereocenters. The van der Waals surface area contributed by atoms with Crippen molar-refractivity contribution < 1.29 is 18.0 Å². The van der Waals surface area contributed by atoms with E-state index in [-0.39, 0.29) is 41.1 Å². The van der Waals surface area contributed by atoms with Gasteiger partial charge in [0, 0.05) is 29.3 Å². The summed E-state index contributed by atoms with van der Waals surface area (Å²) in [5.74, 6) is -0.328. The summed E-state index contributed by atoms with van der Waals surface area (Å²) in [7, 11) is 0. The number of benzene rings is 1. The average molecular weight is 417 g/mol. The third-order valence-corrected chi connectivity index (χ3v) is 4.25. The molecule has 3 N–H and O–H groups in total. The lowest BCUT2D eigenvalue weighted by atomic mass is 10.1. The predicted octanol–water partition coefficient (Wildman–Crippen LogP) is 3.25. The van der Waals surface area contributed by atoms with Gasteiger partial charge in [-0.25, -0.2) is 0 Å². The molecule has 1 aromatic rings. The second-order valence-electron chi connectivity index (χ2n) is 5.35. The van der Waals surface area contributed by atoms with Crippen molar-refractivity contribution in [2.45, 2.75) is 25.1 Å². The van der Waals surface area contributed by atoms with Gasteiger partial charge in [0.05, 0.1) is 12.1 Å². The van der Waals surface area contributed by atoms with Gasteiger partial charge in [-0.1, -0.05) is 15.9 Å². The summed E-state index contributed by atoms with van der Waals surface area (Å²) in [5.41, 5.74) is 5.11. The van der Waals surface area contributed by atoms with Crippen molar-refractivity contribution in [2.24, 2.45) is 5.73 Å². The molecule has 0 aromatic heterocycles. The van der Waals surface area contributed by atoms with Gasteiger partial charge in [0.2, 0.25) is 5.91 Å². The Morgan fingerprint density at radius 1 is 1.35 bits per heavy atom. The maximum atomic E-state index is 12.8. The number of likely N-dealkylation sites (tertiary alicyclic amines) is 1. The van der Waals surface area contributed by atoms with Crippen molar-refractivity contribution in [3.8, 4) is 0 Å². The Kier molecular flexibility index (Phi) is 7.31. The highest BCUT2D eigenvalue weighted by Crippen LogP contribution is 2.36. The van der Waals surface area contributed by atoms with E-state index in [9.17, 15) is 18.0 Å². The summed E-state index contributed by atoms with van der Waals surface area (Å²) in [6, 6.07) is 3.80. The molecule has 23 heavy (non-hydrogen) atoms. The second-order valence-corrected chi connectivity index (χ2v) is 6.21. The van der Waals surface area contributed by atoms with Gasteiger partial charge in [0.15, 0.2) is 0 Å². The Labute approximate surface area is 147 Å². The summed E-state index contributed by atoms with van der Waals surface area (Å²) in [6.07, 6.45) is -2.82. The molecule has 130 valence electrons. The zero-order valence-electron chi connectivity index (χ0n) is 12.2. The molecule has 0 saturated carbocycles. The number of nitrogens with two attached hydrogens (primary N) is 1. The molecule has 1 heterocycles. The average Bonchev–Trinajstić information content (AvgIpc) is 2.42. The van der Waals surface area contributed by atoms with E-state index in [1.165, 1.54) is 12.1 Å². The fourth-order valence-electron chi connectivity index (χ4n) is 2.33. The van der Waals surface area contributed by atoms with Crippen LogP contribution in [0.3, 0.4) is 0 Å². The van der Waals surface area contributed by atoms with Crippen molar-refractivity contribution in [1.29, 1.82) is 0 Å². The number of carbonyl (C=O) groups is 1. The molecule has 2 rings (SSSR count). The first kappa shape index (κ1) is 20.2. The number of alkyl halides is 3. The highest BCUT2D eigenvalue weighted by molar-refractivity contribution is 9.10. The molecule has 0 bridgehead atoms. The van der Waals surface area contributed by atoms with Crippen LogP contribution >= 0.6 is 28.3 Å². The fourth-order valence-corrected chi connectivity index (χ4v) is 2.81. The fraction of sp³-hybridized carbons (Fsp3) is 0.500. The van der Waals surface area contributed by atoms with Crippen molar-refractivity contribution in [1.82, 2.24) is 4.90 Å². The number of hydrogen-bond acceptors (Lipinski definition) is 3. The van der Waals surface area contributed by atoms with Crippen LogP contribution in [0.15, 0.2) is 22.7 Å². The van der Waals surface area contributed by atoms with Gasteiger partial charge in [0.25, 0.3) is 0 Å². The molecule has 4 nitrogen and oxygen atoms in total. The molecule has 1 saturated heterocycles. The molecule has 1 aliphatic rings. The summed E-state index contributed by atoms with van der Waals surface area (Å²) in [6.45, 7) is 1.61. The molecule has 1 amide bonds. The minimum absolute atomic E-state index is 0. The van der Waals surface area contributed by atoms with E-state index in [0.29, 0.717) is 0 Å². The van der Waals surface area contributed by atoms with E-state index in [1.807, 2.05) is 4.90 Å². The Bertz CT molecular complexity index is 549. The van der Waals surface area contributed by atoms with Gasteiger partial charge in [-0.15, -0.1) is 12.4 Å². The lowest BCUT2D eigenvalue weighted by Gasteiger charge is -2.29. The first-order valence-corrected chi connectivity index (χ1v) is 7.69. The number of amides is 1. The molecule has 0 spiro atoms. The van der Waals surface area contributed by atoms with Gasteiger partial charge in [-0.05, 0) is 31.0 Å². The SMILES string of the molecule is Cl.NC1CCN(CC(=O)Nc2ccc(Br)c(C(F)(F)F)c2)CC1. The molecule has 0 atom stereocenters. The van der Waals surface area contributed by atoms with Crippen molar-refractivity contribution in [3.63, 3.8) is 0 Å². The van der Waals surface area contributed by atoms with Crippen LogP contribution in [-0.4, -0.2) is 36.5 Å². The van der Waals surface area contributed by atoms with Crippen molar-refractivity contribution >= 4 is 39.9 Å². The highest BCUT2D eigenvalue weighted by Gasteiger charge is 2.33. The molecule has 1 aromatic carbocycles. The number of rotatable bonds is 3. The van der Waals surface area contributed by atoms with Gasteiger partial charge in [0.1, 0.15) is 0 Å². The van der Waals surface area contributed by atoms with Gasteiger partial charge in [-0.3, -0.25) is 9.69 Å². The Morgan fingerprint density at radius 2 is 1.96 bits per heavy atom. The first-order valence-electron chi connectivity index (χ1n) is 6.90. The normalized spacial score (nSPS) is 16.7. The molecule has 9 heteroatoms. The van der Waals surface area contributed by atoms with Crippen LogP contribution in [-0.2, 0) is 11.0 Å². The van der Waals surface area contributed by atoms with Crippen LogP contribution in [0.4, 0.5) is 18.9 Å². The van der Waals surface area contributed by atoms with E-state index >= 15 is 0 Å². The van der Waals surface area contributed by atoms with Crippen molar-refractivity contribution in [3.05, 3.63) is 28.2 Å². The minimum Gasteiger partial charge on any atom is -0.328 e. The number of piperidine rings is 1. The maximum Gasteiger partial charge on any atom is 0.417 e. The Hall–Kier alpha value is -0.830. The van der Waals surface area contributed by atoms with Gasteiger partial charge < -0.3 is 11.1 Å². The van der Waals surface area contributed by atoms with E-state index in [4.69, 9.17) is 5.73 Å². The predicted molar refractivity (Wildman–Crippen MR) is 88.7 cm³/mol. The molecule has 1 fully saturated rings. The zero-order valence-corrected chi connectivity index (χ0v) is 14.6. The highest BCUT2D eigenvalue weighted by atomic mass is 79.9. The van der Waals surface area contributed by atoms with Crippen LogP contribution in [0, 0.1) is 0 Å². The quantitative estimate of drug-likeness (QED) is 0.795. The smallest absolute Gasteiger partial charge is 0.328 e. The monoisotopic (exact) mass is 415 g/mol. The summed E-state index contributed by atoms with van der Waals surface area (Å²) in [4.78, 5) is 13.9. The summed E-state index contributed by atoms with van der Waals surface area (Å²) in [5, 5.41) is 2.51.